The molecule has 0 aliphatic heterocycles. The van der Waals surface area contributed by atoms with Crippen molar-refractivity contribution in [3.8, 4) is 0 Å². The van der Waals surface area contributed by atoms with Gasteiger partial charge in [-0.3, -0.25) is 9.59 Å². The molecule has 1 atom stereocenters. The van der Waals surface area contributed by atoms with Gasteiger partial charge in [0, 0.05) is 11.1 Å². The lowest BCUT2D eigenvalue weighted by atomic mass is 10.0. The van der Waals surface area contributed by atoms with E-state index in [1.165, 1.54) is 0 Å². The molecule has 2 rings (SSSR count). The van der Waals surface area contributed by atoms with Crippen LogP contribution in [-0.4, -0.2) is 23.0 Å². The second-order valence-corrected chi connectivity index (χ2v) is 5.79. The zero-order valence-corrected chi connectivity index (χ0v) is 13.3. The van der Waals surface area contributed by atoms with Gasteiger partial charge < -0.3 is 10.4 Å². The standard InChI is InChI=1S/C18H18ClNO3/c19-15-8-6-14(7-9-15)10-16(12-18(22)23)20-17(21)11-13-4-2-1-3-5-13/h1-9,16H,10-12H2,(H,20,21)(H,22,23)/t16-/m1/s1. The van der Waals surface area contributed by atoms with Gasteiger partial charge in [0.05, 0.1) is 12.8 Å². The van der Waals surface area contributed by atoms with Gasteiger partial charge in [-0.1, -0.05) is 54.1 Å². The van der Waals surface area contributed by atoms with Crippen LogP contribution in [0.25, 0.3) is 0 Å². The average molecular weight is 332 g/mol. The van der Waals surface area contributed by atoms with E-state index in [1.807, 2.05) is 42.5 Å². The number of amides is 1. The van der Waals surface area contributed by atoms with Crippen molar-refractivity contribution in [1.82, 2.24) is 5.32 Å². The number of halogens is 1. The Bertz CT molecular complexity index is 656. The monoisotopic (exact) mass is 331 g/mol. The molecule has 0 bridgehead atoms. The smallest absolute Gasteiger partial charge is 0.305 e. The van der Waals surface area contributed by atoms with E-state index in [0.717, 1.165) is 11.1 Å². The highest BCUT2D eigenvalue weighted by Gasteiger charge is 2.17. The van der Waals surface area contributed by atoms with E-state index < -0.39 is 12.0 Å². The van der Waals surface area contributed by atoms with Crippen LogP contribution < -0.4 is 5.32 Å². The Morgan fingerprint density at radius 1 is 1.00 bits per heavy atom. The number of aliphatic carboxylic acids is 1. The van der Waals surface area contributed by atoms with E-state index in [0.29, 0.717) is 11.4 Å². The number of carboxylic acid groups (broad SMARTS) is 1. The normalized spacial score (nSPS) is 11.7. The van der Waals surface area contributed by atoms with Crippen LogP contribution in [0.2, 0.25) is 5.02 Å². The van der Waals surface area contributed by atoms with Crippen LogP contribution in [0.4, 0.5) is 0 Å². The fourth-order valence-electron chi connectivity index (χ4n) is 2.35. The molecule has 2 aromatic carbocycles. The van der Waals surface area contributed by atoms with E-state index in [2.05, 4.69) is 5.32 Å². The summed E-state index contributed by atoms with van der Waals surface area (Å²) in [5.41, 5.74) is 1.83. The molecule has 0 unspecified atom stereocenters. The summed E-state index contributed by atoms with van der Waals surface area (Å²) in [7, 11) is 0. The Hall–Kier alpha value is -2.33. The van der Waals surface area contributed by atoms with Gasteiger partial charge in [-0.15, -0.1) is 0 Å². The van der Waals surface area contributed by atoms with Gasteiger partial charge in [0.2, 0.25) is 5.91 Å². The van der Waals surface area contributed by atoms with Crippen molar-refractivity contribution < 1.29 is 14.7 Å². The van der Waals surface area contributed by atoms with E-state index in [1.54, 1.807) is 12.1 Å². The minimum absolute atomic E-state index is 0.122. The predicted octanol–water partition coefficient (Wildman–Crippen LogP) is 3.08. The number of hydrogen-bond donors (Lipinski definition) is 2. The molecule has 0 saturated heterocycles. The highest BCUT2D eigenvalue weighted by Crippen LogP contribution is 2.12. The second kappa shape index (κ2) is 8.34. The van der Waals surface area contributed by atoms with Gasteiger partial charge in [0.15, 0.2) is 0 Å². The fourth-order valence-corrected chi connectivity index (χ4v) is 2.48. The number of carbonyl (C=O) groups is 2. The van der Waals surface area contributed by atoms with E-state index >= 15 is 0 Å². The zero-order chi connectivity index (χ0) is 16.7. The highest BCUT2D eigenvalue weighted by molar-refractivity contribution is 6.30. The van der Waals surface area contributed by atoms with Crippen LogP contribution in [0.15, 0.2) is 54.6 Å². The van der Waals surface area contributed by atoms with Crippen molar-refractivity contribution in [3.05, 3.63) is 70.7 Å². The predicted molar refractivity (Wildman–Crippen MR) is 89.5 cm³/mol. The molecule has 1 amide bonds. The maximum Gasteiger partial charge on any atom is 0.305 e. The molecule has 0 heterocycles. The van der Waals surface area contributed by atoms with Crippen LogP contribution in [0.5, 0.6) is 0 Å². The first-order chi connectivity index (χ1) is 11.0. The van der Waals surface area contributed by atoms with Crippen molar-refractivity contribution in [2.75, 3.05) is 0 Å². The van der Waals surface area contributed by atoms with E-state index in [-0.39, 0.29) is 18.7 Å². The van der Waals surface area contributed by atoms with Crippen LogP contribution in [0, 0.1) is 0 Å². The molecule has 0 radical (unpaired) electrons. The maximum absolute atomic E-state index is 12.1. The summed E-state index contributed by atoms with van der Waals surface area (Å²) in [4.78, 5) is 23.1. The number of benzene rings is 2. The summed E-state index contributed by atoms with van der Waals surface area (Å²) in [6.45, 7) is 0. The summed E-state index contributed by atoms with van der Waals surface area (Å²) in [6, 6.07) is 16.1. The Kier molecular flexibility index (Phi) is 6.18. The summed E-state index contributed by atoms with van der Waals surface area (Å²) in [6.07, 6.45) is 0.560. The van der Waals surface area contributed by atoms with Crippen molar-refractivity contribution >= 4 is 23.5 Å². The molecule has 2 aromatic rings. The molecule has 2 N–H and O–H groups in total. The molecule has 0 spiro atoms. The average Bonchev–Trinajstić information content (AvgIpc) is 2.50. The summed E-state index contributed by atoms with van der Waals surface area (Å²) in [5, 5.41) is 12.5. The third-order valence-corrected chi connectivity index (χ3v) is 3.64. The number of hydrogen-bond acceptors (Lipinski definition) is 2. The van der Waals surface area contributed by atoms with Crippen LogP contribution in [-0.2, 0) is 22.4 Å². The Balaban J connectivity index is 1.98. The third-order valence-electron chi connectivity index (χ3n) is 3.39. The van der Waals surface area contributed by atoms with Gasteiger partial charge in [-0.2, -0.15) is 0 Å². The van der Waals surface area contributed by atoms with Crippen molar-refractivity contribution in [2.24, 2.45) is 0 Å². The van der Waals surface area contributed by atoms with Crippen LogP contribution in [0.3, 0.4) is 0 Å². The lowest BCUT2D eigenvalue weighted by molar-refractivity contribution is -0.137. The topological polar surface area (TPSA) is 66.4 Å². The summed E-state index contributed by atoms with van der Waals surface area (Å²) < 4.78 is 0. The zero-order valence-electron chi connectivity index (χ0n) is 12.5. The number of carbonyl (C=O) groups excluding carboxylic acids is 1. The molecule has 0 aliphatic carbocycles. The largest absolute Gasteiger partial charge is 0.481 e. The van der Waals surface area contributed by atoms with Crippen molar-refractivity contribution in [2.45, 2.75) is 25.3 Å². The summed E-state index contributed by atoms with van der Waals surface area (Å²) >= 11 is 5.84. The van der Waals surface area contributed by atoms with Crippen LogP contribution in [0.1, 0.15) is 17.5 Å². The highest BCUT2D eigenvalue weighted by atomic mass is 35.5. The van der Waals surface area contributed by atoms with Gasteiger partial charge in [-0.05, 0) is 29.7 Å². The molecule has 0 aliphatic rings. The molecule has 0 aromatic heterocycles. The Morgan fingerprint density at radius 3 is 2.26 bits per heavy atom. The molecule has 5 heteroatoms. The third kappa shape index (κ3) is 6.12. The number of carboxylic acids is 1. The van der Waals surface area contributed by atoms with Crippen molar-refractivity contribution in [1.29, 1.82) is 0 Å². The lowest BCUT2D eigenvalue weighted by Gasteiger charge is -2.17. The SMILES string of the molecule is O=C(O)C[C@@H](Cc1ccc(Cl)cc1)NC(=O)Cc1ccccc1. The fraction of sp³-hybridized carbons (Fsp3) is 0.222. The first-order valence-electron chi connectivity index (χ1n) is 7.32. The molecule has 23 heavy (non-hydrogen) atoms. The number of nitrogens with one attached hydrogen (secondary N) is 1. The van der Waals surface area contributed by atoms with Crippen LogP contribution >= 0.6 is 11.6 Å². The molecule has 0 fully saturated rings. The Labute approximate surface area is 140 Å². The van der Waals surface area contributed by atoms with Gasteiger partial charge >= 0.3 is 5.97 Å². The molecule has 120 valence electrons. The first kappa shape index (κ1) is 17.0. The first-order valence-corrected chi connectivity index (χ1v) is 7.70. The Morgan fingerprint density at radius 2 is 1.65 bits per heavy atom. The molecule has 0 saturated carbocycles. The molecule has 4 nitrogen and oxygen atoms in total. The second-order valence-electron chi connectivity index (χ2n) is 5.36. The van der Waals surface area contributed by atoms with Gasteiger partial charge in [0.25, 0.3) is 0 Å². The maximum atomic E-state index is 12.1. The summed E-state index contributed by atoms with van der Waals surface area (Å²) in [5.74, 6) is -1.12. The van der Waals surface area contributed by atoms with Gasteiger partial charge in [0.1, 0.15) is 0 Å². The minimum atomic E-state index is -0.941. The molecular weight excluding hydrogens is 314 g/mol. The minimum Gasteiger partial charge on any atom is -0.481 e. The number of rotatable bonds is 7. The molecular formula is C18H18ClNO3. The van der Waals surface area contributed by atoms with Gasteiger partial charge in [-0.25, -0.2) is 0 Å². The lowest BCUT2D eigenvalue weighted by Crippen LogP contribution is -2.38. The van der Waals surface area contributed by atoms with E-state index in [4.69, 9.17) is 16.7 Å². The quantitative estimate of drug-likeness (QED) is 0.819. The van der Waals surface area contributed by atoms with E-state index in [9.17, 15) is 9.59 Å². The van der Waals surface area contributed by atoms with Crippen molar-refractivity contribution in [3.63, 3.8) is 0 Å².